The van der Waals surface area contributed by atoms with E-state index in [9.17, 15) is 15.0 Å². The molecule has 1 aromatic rings. The Morgan fingerprint density at radius 3 is 2.56 bits per heavy atom. The summed E-state index contributed by atoms with van der Waals surface area (Å²) in [5, 5.41) is 28.1. The lowest BCUT2D eigenvalue weighted by atomic mass is 9.98. The summed E-state index contributed by atoms with van der Waals surface area (Å²) in [7, 11) is 0. The largest absolute Gasteiger partial charge is 0.478 e. The highest BCUT2D eigenvalue weighted by Gasteiger charge is 2.25. The van der Waals surface area contributed by atoms with Crippen LogP contribution in [0.15, 0.2) is 18.2 Å². The number of nitrogens with two attached hydrogens (primary N) is 1. The Balaban J connectivity index is 3.24. The maximum Gasteiger partial charge on any atom is 0.336 e. The second-order valence-corrected chi connectivity index (χ2v) is 3.66. The summed E-state index contributed by atoms with van der Waals surface area (Å²) in [5.41, 5.74) is 5.02. The number of hydrogen-bond donors (Lipinski definition) is 4. The molecule has 0 amide bonds. The van der Waals surface area contributed by atoms with Gasteiger partial charge in [0.15, 0.2) is 0 Å². The van der Waals surface area contributed by atoms with Crippen LogP contribution in [0.25, 0.3) is 0 Å². The zero-order chi connectivity index (χ0) is 12.3. The lowest BCUT2D eigenvalue weighted by Gasteiger charge is -2.19. The smallest absolute Gasteiger partial charge is 0.336 e. The fraction of sp³-hybridized carbons (Fsp3) is 0.300. The second kappa shape index (κ2) is 5.27. The summed E-state index contributed by atoms with van der Waals surface area (Å²) in [4.78, 5) is 10.9. The minimum Gasteiger partial charge on any atom is -0.478 e. The maximum absolute atomic E-state index is 10.9. The quantitative estimate of drug-likeness (QED) is 0.614. The number of hydrogen-bond acceptors (Lipinski definition) is 4. The third-order valence-corrected chi connectivity index (χ3v) is 2.51. The molecule has 2 unspecified atom stereocenters. The van der Waals surface area contributed by atoms with Crippen LogP contribution in [0.5, 0.6) is 0 Å². The van der Waals surface area contributed by atoms with Crippen LogP contribution in [-0.4, -0.2) is 33.9 Å². The minimum atomic E-state index is -1.41. The van der Waals surface area contributed by atoms with Crippen molar-refractivity contribution in [2.45, 2.75) is 12.2 Å². The van der Waals surface area contributed by atoms with Crippen LogP contribution in [0, 0.1) is 0 Å². The van der Waals surface area contributed by atoms with Crippen molar-refractivity contribution < 1.29 is 20.1 Å². The minimum absolute atomic E-state index is 0.0189. The van der Waals surface area contributed by atoms with Crippen molar-refractivity contribution in [1.29, 1.82) is 0 Å². The van der Waals surface area contributed by atoms with E-state index in [0.29, 0.717) is 0 Å². The topological polar surface area (TPSA) is 104 Å². The first kappa shape index (κ1) is 12.9. The Bertz CT molecular complexity index is 396. The molecule has 88 valence electrons. The van der Waals surface area contributed by atoms with Gasteiger partial charge in [-0.2, -0.15) is 0 Å². The SMILES string of the molecule is NCC(O)C(O)c1c(Cl)cccc1C(=O)O. The number of carboxylic acids is 1. The lowest BCUT2D eigenvalue weighted by Crippen LogP contribution is -2.28. The summed E-state index contributed by atoms with van der Waals surface area (Å²) >= 11 is 5.79. The highest BCUT2D eigenvalue weighted by Crippen LogP contribution is 2.28. The Morgan fingerprint density at radius 1 is 1.44 bits per heavy atom. The fourth-order valence-electron chi connectivity index (χ4n) is 1.35. The zero-order valence-electron chi connectivity index (χ0n) is 8.30. The van der Waals surface area contributed by atoms with Gasteiger partial charge in [-0.25, -0.2) is 4.79 Å². The van der Waals surface area contributed by atoms with Gasteiger partial charge in [0, 0.05) is 17.1 Å². The van der Waals surface area contributed by atoms with E-state index in [1.54, 1.807) is 0 Å². The van der Waals surface area contributed by atoms with Gasteiger partial charge in [-0.1, -0.05) is 17.7 Å². The molecule has 1 rings (SSSR count). The van der Waals surface area contributed by atoms with E-state index < -0.39 is 18.2 Å². The molecule has 2 atom stereocenters. The zero-order valence-corrected chi connectivity index (χ0v) is 9.05. The summed E-state index contributed by atoms with van der Waals surface area (Å²) in [5.74, 6) is -1.22. The molecule has 0 aromatic heterocycles. The second-order valence-electron chi connectivity index (χ2n) is 3.25. The maximum atomic E-state index is 10.9. The van der Waals surface area contributed by atoms with Crippen molar-refractivity contribution in [2.24, 2.45) is 5.73 Å². The van der Waals surface area contributed by atoms with Crippen molar-refractivity contribution in [3.63, 3.8) is 0 Å². The van der Waals surface area contributed by atoms with Crippen molar-refractivity contribution in [3.8, 4) is 0 Å². The highest BCUT2D eigenvalue weighted by atomic mass is 35.5. The summed E-state index contributed by atoms with van der Waals surface area (Å²) in [6.07, 6.45) is -2.66. The number of rotatable bonds is 4. The first-order chi connectivity index (χ1) is 7.49. The number of benzene rings is 1. The Hall–Kier alpha value is -1.14. The molecule has 6 heteroatoms. The fourth-order valence-corrected chi connectivity index (χ4v) is 1.63. The number of carboxylic acid groups (broad SMARTS) is 1. The molecule has 0 fully saturated rings. The Morgan fingerprint density at radius 2 is 2.06 bits per heavy atom. The Labute approximate surface area is 97.1 Å². The molecule has 16 heavy (non-hydrogen) atoms. The van der Waals surface area contributed by atoms with Gasteiger partial charge in [0.2, 0.25) is 0 Å². The highest BCUT2D eigenvalue weighted by molar-refractivity contribution is 6.31. The molecule has 1 aromatic carbocycles. The molecule has 0 heterocycles. The lowest BCUT2D eigenvalue weighted by molar-refractivity contribution is 0.0232. The number of aliphatic hydroxyl groups is 2. The van der Waals surface area contributed by atoms with Crippen LogP contribution in [0.4, 0.5) is 0 Å². The monoisotopic (exact) mass is 245 g/mol. The van der Waals surface area contributed by atoms with Crippen LogP contribution < -0.4 is 5.73 Å². The van der Waals surface area contributed by atoms with E-state index in [0.717, 1.165) is 0 Å². The van der Waals surface area contributed by atoms with Crippen LogP contribution in [0.3, 0.4) is 0 Å². The molecule has 0 aliphatic rings. The van der Waals surface area contributed by atoms with E-state index in [1.807, 2.05) is 0 Å². The van der Waals surface area contributed by atoms with Crippen molar-refractivity contribution in [2.75, 3.05) is 6.54 Å². The molecule has 0 radical (unpaired) electrons. The molecule has 0 spiro atoms. The number of aromatic carboxylic acids is 1. The van der Waals surface area contributed by atoms with Crippen LogP contribution in [0.2, 0.25) is 5.02 Å². The van der Waals surface area contributed by atoms with Gasteiger partial charge in [0.05, 0.1) is 11.7 Å². The van der Waals surface area contributed by atoms with Crippen LogP contribution in [-0.2, 0) is 0 Å². The number of halogens is 1. The first-order valence-electron chi connectivity index (χ1n) is 4.57. The third-order valence-electron chi connectivity index (χ3n) is 2.19. The number of aliphatic hydroxyl groups excluding tert-OH is 2. The molecule has 0 saturated carbocycles. The van der Waals surface area contributed by atoms with Crippen molar-refractivity contribution in [3.05, 3.63) is 34.3 Å². The van der Waals surface area contributed by atoms with Gasteiger partial charge in [0.25, 0.3) is 0 Å². The van der Waals surface area contributed by atoms with E-state index in [4.69, 9.17) is 22.4 Å². The van der Waals surface area contributed by atoms with Crippen molar-refractivity contribution in [1.82, 2.24) is 0 Å². The predicted molar refractivity (Wildman–Crippen MR) is 58.4 cm³/mol. The molecule has 5 N–H and O–H groups in total. The molecule has 0 aliphatic carbocycles. The summed E-state index contributed by atoms with van der Waals surface area (Å²) < 4.78 is 0. The molecule has 0 saturated heterocycles. The molecular weight excluding hydrogens is 234 g/mol. The molecule has 0 aliphatic heterocycles. The number of carbonyl (C=O) groups is 1. The van der Waals surface area contributed by atoms with Gasteiger partial charge in [-0.3, -0.25) is 0 Å². The average Bonchev–Trinajstić information content (AvgIpc) is 2.26. The predicted octanol–water partition coefficient (Wildman–Crippen LogP) is 0.391. The van der Waals surface area contributed by atoms with E-state index in [2.05, 4.69) is 0 Å². The van der Waals surface area contributed by atoms with E-state index >= 15 is 0 Å². The summed E-state index contributed by atoms with van der Waals surface area (Å²) in [6.45, 7) is -0.189. The molecule has 0 bridgehead atoms. The molecule has 5 nitrogen and oxygen atoms in total. The van der Waals surface area contributed by atoms with Gasteiger partial charge in [0.1, 0.15) is 6.10 Å². The van der Waals surface area contributed by atoms with E-state index in [1.165, 1.54) is 18.2 Å². The normalized spacial score (nSPS) is 14.5. The van der Waals surface area contributed by atoms with Gasteiger partial charge in [-0.05, 0) is 12.1 Å². The standard InChI is InChI=1S/C10H12ClNO4/c11-6-3-1-2-5(10(15)16)8(6)9(14)7(13)4-12/h1-3,7,9,13-14H,4,12H2,(H,15,16). The molecular formula is C10H12ClNO4. The van der Waals surface area contributed by atoms with Crippen molar-refractivity contribution >= 4 is 17.6 Å². The Kier molecular flexibility index (Phi) is 4.26. The van der Waals surface area contributed by atoms with Crippen LogP contribution >= 0.6 is 11.6 Å². The third kappa shape index (κ3) is 2.51. The average molecular weight is 246 g/mol. The summed E-state index contributed by atoms with van der Waals surface area (Å²) in [6, 6.07) is 4.20. The first-order valence-corrected chi connectivity index (χ1v) is 4.94. The van der Waals surface area contributed by atoms with Gasteiger partial charge >= 0.3 is 5.97 Å². The van der Waals surface area contributed by atoms with Gasteiger partial charge < -0.3 is 21.1 Å². The van der Waals surface area contributed by atoms with Crippen LogP contribution in [0.1, 0.15) is 22.0 Å². The van der Waals surface area contributed by atoms with E-state index in [-0.39, 0.29) is 22.7 Å². The van der Waals surface area contributed by atoms with Gasteiger partial charge in [-0.15, -0.1) is 0 Å².